The zero-order valence-corrected chi connectivity index (χ0v) is 13.3. The molecule has 1 aromatic rings. The Morgan fingerprint density at radius 2 is 2.23 bits per heavy atom. The highest BCUT2D eigenvalue weighted by Crippen LogP contribution is 2.26. The summed E-state index contributed by atoms with van der Waals surface area (Å²) >= 11 is 0. The number of aldehydes is 1. The third kappa shape index (κ3) is 4.76. The molecular formula is C17H23NO4. The number of benzene rings is 1. The molecule has 1 N–H and O–H groups in total. The molecule has 1 aromatic carbocycles. The molecule has 1 atom stereocenters. The summed E-state index contributed by atoms with van der Waals surface area (Å²) in [4.78, 5) is 22.8. The maximum Gasteiger partial charge on any atom is 0.407 e. The molecule has 1 aliphatic heterocycles. The normalized spacial score (nSPS) is 14.7. The number of fused-ring (bicyclic) bond motifs is 1. The lowest BCUT2D eigenvalue weighted by atomic mass is 9.98. The summed E-state index contributed by atoms with van der Waals surface area (Å²) in [6.07, 6.45) is 1.88. The Morgan fingerprint density at radius 1 is 1.45 bits per heavy atom. The van der Waals surface area contributed by atoms with E-state index in [2.05, 4.69) is 11.4 Å². The number of ether oxygens (including phenoxy) is 2. The smallest absolute Gasteiger partial charge is 0.407 e. The van der Waals surface area contributed by atoms with Crippen molar-refractivity contribution in [3.8, 4) is 5.75 Å². The second kappa shape index (κ2) is 6.81. The molecular weight excluding hydrogens is 282 g/mol. The van der Waals surface area contributed by atoms with Crippen LogP contribution >= 0.6 is 0 Å². The first kappa shape index (κ1) is 16.3. The van der Waals surface area contributed by atoms with E-state index in [0.29, 0.717) is 6.42 Å². The minimum absolute atomic E-state index is 0.270. The van der Waals surface area contributed by atoms with Gasteiger partial charge in [-0.15, -0.1) is 0 Å². The fraction of sp³-hybridized carbons (Fsp3) is 0.529. The zero-order chi connectivity index (χ0) is 16.2. The molecule has 1 heterocycles. The Labute approximate surface area is 131 Å². The van der Waals surface area contributed by atoms with Crippen LogP contribution in [0.25, 0.3) is 0 Å². The molecule has 1 unspecified atom stereocenters. The van der Waals surface area contributed by atoms with Gasteiger partial charge in [-0.1, -0.05) is 12.1 Å². The molecule has 2 rings (SSSR count). The zero-order valence-electron chi connectivity index (χ0n) is 13.3. The molecule has 1 aliphatic rings. The average Bonchev–Trinajstić information content (AvgIpc) is 2.88. The molecule has 120 valence electrons. The predicted octanol–water partition coefficient (Wildman–Crippen LogP) is 2.50. The highest BCUT2D eigenvalue weighted by molar-refractivity contribution is 5.68. The van der Waals surface area contributed by atoms with Crippen LogP contribution in [0.1, 0.15) is 31.9 Å². The van der Waals surface area contributed by atoms with Crippen LogP contribution < -0.4 is 10.1 Å². The van der Waals surface area contributed by atoms with Crippen LogP contribution in [0.5, 0.6) is 5.75 Å². The van der Waals surface area contributed by atoms with Crippen LogP contribution in [0.4, 0.5) is 4.79 Å². The van der Waals surface area contributed by atoms with Gasteiger partial charge in [0.25, 0.3) is 0 Å². The SMILES string of the molecule is CC(C)(C)OC(=O)NCC(C=O)Cc1ccc2c(c1)CCO2. The van der Waals surface area contributed by atoms with E-state index in [1.807, 2.05) is 12.1 Å². The molecule has 0 fully saturated rings. The highest BCUT2D eigenvalue weighted by atomic mass is 16.6. The van der Waals surface area contributed by atoms with E-state index < -0.39 is 11.7 Å². The molecule has 5 nitrogen and oxygen atoms in total. The molecule has 0 bridgehead atoms. The van der Waals surface area contributed by atoms with Gasteiger partial charge in [0.2, 0.25) is 0 Å². The van der Waals surface area contributed by atoms with Crippen LogP contribution in [0.2, 0.25) is 0 Å². The molecule has 0 saturated heterocycles. The molecule has 0 radical (unpaired) electrons. The second-order valence-corrected chi connectivity index (χ2v) is 6.52. The molecule has 0 aromatic heterocycles. The topological polar surface area (TPSA) is 64.6 Å². The van der Waals surface area contributed by atoms with Crippen molar-refractivity contribution in [2.45, 2.75) is 39.2 Å². The van der Waals surface area contributed by atoms with Gasteiger partial charge >= 0.3 is 6.09 Å². The fourth-order valence-corrected chi connectivity index (χ4v) is 2.37. The number of hydrogen-bond acceptors (Lipinski definition) is 4. The quantitative estimate of drug-likeness (QED) is 0.849. The fourth-order valence-electron chi connectivity index (χ4n) is 2.37. The minimum Gasteiger partial charge on any atom is -0.493 e. The lowest BCUT2D eigenvalue weighted by molar-refractivity contribution is -0.110. The maximum absolute atomic E-state index is 11.6. The minimum atomic E-state index is -0.541. The summed E-state index contributed by atoms with van der Waals surface area (Å²) in [5.74, 6) is 0.658. The summed E-state index contributed by atoms with van der Waals surface area (Å²) in [5.41, 5.74) is 1.72. The first-order valence-corrected chi connectivity index (χ1v) is 7.54. The number of alkyl carbamates (subject to hydrolysis) is 1. The Kier molecular flexibility index (Phi) is 5.06. The van der Waals surface area contributed by atoms with Crippen molar-refractivity contribution >= 4 is 12.4 Å². The first-order valence-electron chi connectivity index (χ1n) is 7.54. The Morgan fingerprint density at radius 3 is 2.91 bits per heavy atom. The number of nitrogens with one attached hydrogen (secondary N) is 1. The molecule has 0 aliphatic carbocycles. The number of amides is 1. The van der Waals surface area contributed by atoms with Crippen LogP contribution in [-0.2, 0) is 22.4 Å². The standard InChI is InChI=1S/C17H23NO4/c1-17(2,3)22-16(20)18-10-13(11-19)8-12-4-5-15-14(9-12)6-7-21-15/h4-5,9,11,13H,6-8,10H2,1-3H3,(H,18,20). The van der Waals surface area contributed by atoms with Gasteiger partial charge in [-0.25, -0.2) is 4.79 Å². The van der Waals surface area contributed by atoms with Gasteiger partial charge in [0.05, 0.1) is 6.61 Å². The van der Waals surface area contributed by atoms with E-state index in [4.69, 9.17) is 9.47 Å². The van der Waals surface area contributed by atoms with Crippen LogP contribution in [0.3, 0.4) is 0 Å². The monoisotopic (exact) mass is 305 g/mol. The van der Waals surface area contributed by atoms with E-state index in [-0.39, 0.29) is 12.5 Å². The van der Waals surface area contributed by atoms with Crippen molar-refractivity contribution < 1.29 is 19.1 Å². The molecule has 0 spiro atoms. The second-order valence-electron chi connectivity index (χ2n) is 6.52. The van der Waals surface area contributed by atoms with Gasteiger partial charge in [-0.05, 0) is 44.4 Å². The van der Waals surface area contributed by atoms with Gasteiger partial charge in [0.15, 0.2) is 0 Å². The molecule has 0 saturated carbocycles. The summed E-state index contributed by atoms with van der Waals surface area (Å²) < 4.78 is 10.6. The molecule has 5 heteroatoms. The number of rotatable bonds is 5. The Balaban J connectivity index is 1.87. The van der Waals surface area contributed by atoms with Crippen molar-refractivity contribution in [2.24, 2.45) is 5.92 Å². The van der Waals surface area contributed by atoms with E-state index in [1.54, 1.807) is 20.8 Å². The van der Waals surface area contributed by atoms with Crippen molar-refractivity contribution in [2.75, 3.05) is 13.2 Å². The number of carbonyl (C=O) groups excluding carboxylic acids is 2. The van der Waals surface area contributed by atoms with Gasteiger partial charge in [0, 0.05) is 18.9 Å². The average molecular weight is 305 g/mol. The predicted molar refractivity (Wildman–Crippen MR) is 83.1 cm³/mol. The summed E-state index contributed by atoms with van der Waals surface area (Å²) in [5, 5.41) is 2.65. The van der Waals surface area contributed by atoms with E-state index in [0.717, 1.165) is 30.6 Å². The molecule has 22 heavy (non-hydrogen) atoms. The van der Waals surface area contributed by atoms with E-state index in [1.165, 1.54) is 5.56 Å². The van der Waals surface area contributed by atoms with Crippen molar-refractivity contribution in [3.05, 3.63) is 29.3 Å². The van der Waals surface area contributed by atoms with Crippen molar-refractivity contribution in [1.29, 1.82) is 0 Å². The first-order chi connectivity index (χ1) is 10.4. The Bertz CT molecular complexity index is 548. The largest absolute Gasteiger partial charge is 0.493 e. The van der Waals surface area contributed by atoms with E-state index in [9.17, 15) is 9.59 Å². The highest BCUT2D eigenvalue weighted by Gasteiger charge is 2.18. The number of hydrogen-bond donors (Lipinski definition) is 1. The van der Waals surface area contributed by atoms with E-state index >= 15 is 0 Å². The molecule has 1 amide bonds. The Hall–Kier alpha value is -2.04. The third-order valence-electron chi connectivity index (χ3n) is 3.35. The van der Waals surface area contributed by atoms with Gasteiger partial charge in [0.1, 0.15) is 17.6 Å². The van der Waals surface area contributed by atoms with Gasteiger partial charge in [-0.3, -0.25) is 0 Å². The van der Waals surface area contributed by atoms with Crippen LogP contribution in [0.15, 0.2) is 18.2 Å². The lowest BCUT2D eigenvalue weighted by Crippen LogP contribution is -2.36. The van der Waals surface area contributed by atoms with Crippen LogP contribution in [-0.4, -0.2) is 31.1 Å². The third-order valence-corrected chi connectivity index (χ3v) is 3.35. The lowest BCUT2D eigenvalue weighted by Gasteiger charge is -2.20. The number of carbonyl (C=O) groups is 2. The van der Waals surface area contributed by atoms with Crippen LogP contribution in [0, 0.1) is 5.92 Å². The van der Waals surface area contributed by atoms with Crippen molar-refractivity contribution in [3.63, 3.8) is 0 Å². The van der Waals surface area contributed by atoms with Gasteiger partial charge in [-0.2, -0.15) is 0 Å². The van der Waals surface area contributed by atoms with Crippen molar-refractivity contribution in [1.82, 2.24) is 5.32 Å². The summed E-state index contributed by atoms with van der Waals surface area (Å²) in [6.45, 7) is 6.39. The summed E-state index contributed by atoms with van der Waals surface area (Å²) in [7, 11) is 0. The maximum atomic E-state index is 11.6. The summed E-state index contributed by atoms with van der Waals surface area (Å²) in [6, 6.07) is 5.99. The van der Waals surface area contributed by atoms with Gasteiger partial charge < -0.3 is 19.6 Å².